The van der Waals surface area contributed by atoms with Crippen molar-refractivity contribution in [3.8, 4) is 0 Å². The van der Waals surface area contributed by atoms with Gasteiger partial charge in [0, 0.05) is 16.8 Å². The standard InChI is InChI=1S/C14H20ClN/c1-10-7-8-12(9-13(10)15)16-14-6-4-3-5-11(14)2/h7-9,11,14,16H,3-6H2,1-2H3. The van der Waals surface area contributed by atoms with Crippen molar-refractivity contribution in [3.05, 3.63) is 28.8 Å². The van der Waals surface area contributed by atoms with Gasteiger partial charge in [-0.05, 0) is 43.4 Å². The van der Waals surface area contributed by atoms with Gasteiger partial charge >= 0.3 is 0 Å². The maximum absolute atomic E-state index is 6.13. The van der Waals surface area contributed by atoms with Crippen molar-refractivity contribution in [2.45, 2.75) is 45.6 Å². The summed E-state index contributed by atoms with van der Waals surface area (Å²) in [6.45, 7) is 4.38. The SMILES string of the molecule is Cc1ccc(NC2CCCCC2C)cc1Cl. The number of hydrogen-bond donors (Lipinski definition) is 1. The lowest BCUT2D eigenvalue weighted by atomic mass is 9.86. The van der Waals surface area contributed by atoms with E-state index in [1.165, 1.54) is 25.7 Å². The first-order valence-corrected chi connectivity index (χ1v) is 6.57. The van der Waals surface area contributed by atoms with E-state index in [9.17, 15) is 0 Å². The lowest BCUT2D eigenvalue weighted by molar-refractivity contribution is 0.349. The van der Waals surface area contributed by atoms with Crippen molar-refractivity contribution in [1.82, 2.24) is 0 Å². The molecule has 0 radical (unpaired) electrons. The smallest absolute Gasteiger partial charge is 0.0455 e. The van der Waals surface area contributed by atoms with Crippen LogP contribution >= 0.6 is 11.6 Å². The summed E-state index contributed by atoms with van der Waals surface area (Å²) in [5.74, 6) is 0.772. The van der Waals surface area contributed by atoms with E-state index < -0.39 is 0 Å². The minimum atomic E-state index is 0.618. The molecular formula is C14H20ClN. The van der Waals surface area contributed by atoms with Crippen molar-refractivity contribution in [2.24, 2.45) is 5.92 Å². The molecule has 1 aliphatic carbocycles. The van der Waals surface area contributed by atoms with Gasteiger partial charge in [-0.2, -0.15) is 0 Å². The maximum Gasteiger partial charge on any atom is 0.0455 e. The van der Waals surface area contributed by atoms with Crippen LogP contribution in [0.5, 0.6) is 0 Å². The van der Waals surface area contributed by atoms with Crippen LogP contribution in [0.2, 0.25) is 5.02 Å². The van der Waals surface area contributed by atoms with Crippen LogP contribution < -0.4 is 5.32 Å². The highest BCUT2D eigenvalue weighted by Gasteiger charge is 2.20. The monoisotopic (exact) mass is 237 g/mol. The third kappa shape index (κ3) is 2.70. The van der Waals surface area contributed by atoms with E-state index in [0.717, 1.165) is 22.2 Å². The van der Waals surface area contributed by atoms with Crippen molar-refractivity contribution in [3.63, 3.8) is 0 Å². The summed E-state index contributed by atoms with van der Waals surface area (Å²) in [6.07, 6.45) is 5.36. The molecular weight excluding hydrogens is 218 g/mol. The molecule has 88 valence electrons. The Labute approximate surface area is 103 Å². The zero-order valence-electron chi connectivity index (χ0n) is 10.1. The summed E-state index contributed by atoms with van der Waals surface area (Å²) >= 11 is 6.13. The van der Waals surface area contributed by atoms with Gasteiger partial charge in [0.1, 0.15) is 0 Å². The third-order valence-corrected chi connectivity index (χ3v) is 4.04. The Bertz CT molecular complexity index is 362. The Morgan fingerprint density at radius 1 is 1.25 bits per heavy atom. The van der Waals surface area contributed by atoms with E-state index in [2.05, 4.69) is 24.4 Å². The molecule has 16 heavy (non-hydrogen) atoms. The Hall–Kier alpha value is -0.690. The third-order valence-electron chi connectivity index (χ3n) is 3.64. The molecule has 0 amide bonds. The van der Waals surface area contributed by atoms with E-state index >= 15 is 0 Å². The zero-order chi connectivity index (χ0) is 11.5. The second-order valence-electron chi connectivity index (χ2n) is 4.98. The molecule has 2 atom stereocenters. The second kappa shape index (κ2) is 5.09. The minimum Gasteiger partial charge on any atom is -0.382 e. The Morgan fingerprint density at radius 2 is 2.00 bits per heavy atom. The van der Waals surface area contributed by atoms with E-state index in [0.29, 0.717) is 6.04 Å². The molecule has 2 heteroatoms. The van der Waals surface area contributed by atoms with Gasteiger partial charge in [-0.1, -0.05) is 37.4 Å². The summed E-state index contributed by atoms with van der Waals surface area (Å²) in [7, 11) is 0. The number of halogens is 1. The first-order chi connectivity index (χ1) is 7.66. The first-order valence-electron chi connectivity index (χ1n) is 6.19. The van der Waals surface area contributed by atoms with Gasteiger partial charge in [0.15, 0.2) is 0 Å². The van der Waals surface area contributed by atoms with Crippen LogP contribution in [-0.4, -0.2) is 6.04 Å². The van der Waals surface area contributed by atoms with Crippen LogP contribution in [0, 0.1) is 12.8 Å². The van der Waals surface area contributed by atoms with E-state index in [4.69, 9.17) is 11.6 Å². The highest BCUT2D eigenvalue weighted by atomic mass is 35.5. The summed E-state index contributed by atoms with van der Waals surface area (Å²) < 4.78 is 0. The molecule has 1 N–H and O–H groups in total. The molecule has 1 saturated carbocycles. The van der Waals surface area contributed by atoms with Gasteiger partial charge in [0.2, 0.25) is 0 Å². The van der Waals surface area contributed by atoms with Crippen molar-refractivity contribution in [2.75, 3.05) is 5.32 Å². The van der Waals surface area contributed by atoms with Crippen LogP contribution in [0.3, 0.4) is 0 Å². The topological polar surface area (TPSA) is 12.0 Å². The molecule has 1 aromatic carbocycles. The van der Waals surface area contributed by atoms with Gasteiger partial charge in [0.05, 0.1) is 0 Å². The highest BCUT2D eigenvalue weighted by molar-refractivity contribution is 6.31. The fraction of sp³-hybridized carbons (Fsp3) is 0.571. The average molecular weight is 238 g/mol. The van der Waals surface area contributed by atoms with Gasteiger partial charge in [-0.25, -0.2) is 0 Å². The van der Waals surface area contributed by atoms with E-state index in [1.807, 2.05) is 13.0 Å². The van der Waals surface area contributed by atoms with Crippen molar-refractivity contribution < 1.29 is 0 Å². The minimum absolute atomic E-state index is 0.618. The molecule has 1 fully saturated rings. The number of benzene rings is 1. The molecule has 2 rings (SSSR count). The number of aryl methyl sites for hydroxylation is 1. The van der Waals surface area contributed by atoms with Gasteiger partial charge < -0.3 is 5.32 Å². The van der Waals surface area contributed by atoms with E-state index in [-0.39, 0.29) is 0 Å². The summed E-state index contributed by atoms with van der Waals surface area (Å²) in [4.78, 5) is 0. The normalized spacial score (nSPS) is 25.4. The first kappa shape index (κ1) is 11.8. The second-order valence-corrected chi connectivity index (χ2v) is 5.38. The van der Waals surface area contributed by atoms with E-state index in [1.54, 1.807) is 0 Å². The Morgan fingerprint density at radius 3 is 2.69 bits per heavy atom. The van der Waals surface area contributed by atoms with Gasteiger partial charge in [-0.3, -0.25) is 0 Å². The van der Waals surface area contributed by atoms with Crippen LogP contribution in [0.4, 0.5) is 5.69 Å². The molecule has 0 heterocycles. The molecule has 0 aliphatic heterocycles. The zero-order valence-corrected chi connectivity index (χ0v) is 10.8. The van der Waals surface area contributed by atoms with Gasteiger partial charge in [0.25, 0.3) is 0 Å². The molecule has 0 bridgehead atoms. The fourth-order valence-electron chi connectivity index (χ4n) is 2.43. The summed E-state index contributed by atoms with van der Waals surface area (Å²) in [5, 5.41) is 4.47. The highest BCUT2D eigenvalue weighted by Crippen LogP contribution is 2.28. The maximum atomic E-state index is 6.13. The Balaban J connectivity index is 2.05. The predicted octanol–water partition coefficient (Wildman–Crippen LogP) is 4.64. The van der Waals surface area contributed by atoms with Crippen LogP contribution in [0.1, 0.15) is 38.2 Å². The summed E-state index contributed by atoms with van der Waals surface area (Å²) in [5.41, 5.74) is 2.30. The molecule has 2 unspecified atom stereocenters. The number of anilines is 1. The summed E-state index contributed by atoms with van der Waals surface area (Å²) in [6, 6.07) is 6.87. The molecule has 0 aromatic heterocycles. The van der Waals surface area contributed by atoms with Crippen LogP contribution in [0.15, 0.2) is 18.2 Å². The molecule has 1 nitrogen and oxygen atoms in total. The molecule has 1 aliphatic rings. The van der Waals surface area contributed by atoms with Crippen molar-refractivity contribution in [1.29, 1.82) is 0 Å². The van der Waals surface area contributed by atoms with Crippen molar-refractivity contribution >= 4 is 17.3 Å². The molecule has 1 aromatic rings. The van der Waals surface area contributed by atoms with Gasteiger partial charge in [-0.15, -0.1) is 0 Å². The Kier molecular flexibility index (Phi) is 3.75. The average Bonchev–Trinajstić information content (AvgIpc) is 2.27. The molecule has 0 saturated heterocycles. The fourth-order valence-corrected chi connectivity index (χ4v) is 2.61. The van der Waals surface area contributed by atoms with Crippen LogP contribution in [0.25, 0.3) is 0 Å². The predicted molar refractivity (Wildman–Crippen MR) is 71.2 cm³/mol. The lowest BCUT2D eigenvalue weighted by Gasteiger charge is -2.30. The molecule has 0 spiro atoms. The largest absolute Gasteiger partial charge is 0.382 e. The number of hydrogen-bond acceptors (Lipinski definition) is 1. The van der Waals surface area contributed by atoms with Crippen LogP contribution in [-0.2, 0) is 0 Å². The number of rotatable bonds is 2. The quantitative estimate of drug-likeness (QED) is 0.790. The lowest BCUT2D eigenvalue weighted by Crippen LogP contribution is -2.30. The number of nitrogens with one attached hydrogen (secondary N) is 1.